The van der Waals surface area contributed by atoms with E-state index in [2.05, 4.69) is 4.98 Å². The fraction of sp³-hybridized carbons (Fsp3) is 0.154. The molecule has 0 aliphatic carbocycles. The lowest BCUT2D eigenvalue weighted by atomic mass is 10.2. The minimum atomic E-state index is -0.736. The largest absolute Gasteiger partial charge is 0.456 e. The van der Waals surface area contributed by atoms with Gasteiger partial charge in [0.25, 0.3) is 0 Å². The Kier molecular flexibility index (Phi) is 3.61. The standard InChI is InChI=1S/C13H13N3O3/c1-9-7-16(18)12(14)11(15-9)13(17)19-8-10-5-3-2-4-6-10/h2-7,14,18H,8H2,1H3. The molecule has 1 heterocycles. The Balaban J connectivity index is 2.15. The van der Waals surface area contributed by atoms with Crippen molar-refractivity contribution >= 4 is 5.97 Å². The van der Waals surface area contributed by atoms with Crippen molar-refractivity contribution in [1.82, 2.24) is 9.71 Å². The number of aryl methyl sites for hydroxylation is 1. The molecule has 0 aliphatic heterocycles. The molecule has 0 amide bonds. The lowest BCUT2D eigenvalue weighted by Gasteiger charge is -2.06. The monoisotopic (exact) mass is 259 g/mol. The molecule has 0 saturated carbocycles. The van der Waals surface area contributed by atoms with Crippen molar-refractivity contribution in [3.05, 3.63) is 59.0 Å². The maximum absolute atomic E-state index is 11.8. The van der Waals surface area contributed by atoms with E-state index in [1.54, 1.807) is 6.92 Å². The summed E-state index contributed by atoms with van der Waals surface area (Å²) < 4.78 is 5.60. The normalized spacial score (nSPS) is 10.2. The molecule has 0 atom stereocenters. The van der Waals surface area contributed by atoms with Crippen molar-refractivity contribution in [3.8, 4) is 0 Å². The highest BCUT2D eigenvalue weighted by Crippen LogP contribution is 2.02. The quantitative estimate of drug-likeness (QED) is 0.641. The highest BCUT2D eigenvalue weighted by Gasteiger charge is 2.14. The average molecular weight is 259 g/mol. The highest BCUT2D eigenvalue weighted by atomic mass is 16.5. The molecule has 6 nitrogen and oxygen atoms in total. The van der Waals surface area contributed by atoms with Gasteiger partial charge in [-0.1, -0.05) is 30.3 Å². The molecule has 0 aliphatic rings. The Morgan fingerprint density at radius 3 is 2.79 bits per heavy atom. The highest BCUT2D eigenvalue weighted by molar-refractivity contribution is 5.86. The van der Waals surface area contributed by atoms with Crippen LogP contribution in [0.25, 0.3) is 0 Å². The van der Waals surface area contributed by atoms with E-state index in [9.17, 15) is 10.0 Å². The number of rotatable bonds is 3. The summed E-state index contributed by atoms with van der Waals surface area (Å²) in [4.78, 5) is 15.7. The zero-order valence-corrected chi connectivity index (χ0v) is 10.3. The van der Waals surface area contributed by atoms with Crippen molar-refractivity contribution in [1.29, 1.82) is 5.41 Å². The predicted molar refractivity (Wildman–Crippen MR) is 65.6 cm³/mol. The summed E-state index contributed by atoms with van der Waals surface area (Å²) in [7, 11) is 0. The molecule has 0 bridgehead atoms. The molecule has 1 aromatic heterocycles. The van der Waals surface area contributed by atoms with Crippen LogP contribution in [-0.4, -0.2) is 20.9 Å². The van der Waals surface area contributed by atoms with Gasteiger partial charge >= 0.3 is 5.97 Å². The van der Waals surface area contributed by atoms with Crippen molar-refractivity contribution in [2.24, 2.45) is 0 Å². The van der Waals surface area contributed by atoms with Crippen LogP contribution in [0.1, 0.15) is 21.7 Å². The van der Waals surface area contributed by atoms with Crippen molar-refractivity contribution in [2.75, 3.05) is 0 Å². The van der Waals surface area contributed by atoms with E-state index in [0.717, 1.165) is 5.56 Å². The second kappa shape index (κ2) is 5.34. The molecule has 19 heavy (non-hydrogen) atoms. The summed E-state index contributed by atoms with van der Waals surface area (Å²) in [5.74, 6) is -0.736. The third-order valence-electron chi connectivity index (χ3n) is 2.46. The van der Waals surface area contributed by atoms with Crippen LogP contribution in [-0.2, 0) is 11.3 Å². The minimum absolute atomic E-state index is 0.0974. The van der Waals surface area contributed by atoms with Crippen molar-refractivity contribution in [3.63, 3.8) is 0 Å². The summed E-state index contributed by atoms with van der Waals surface area (Å²) >= 11 is 0. The Bertz CT molecular complexity index is 650. The summed E-state index contributed by atoms with van der Waals surface area (Å²) in [6.45, 7) is 1.71. The van der Waals surface area contributed by atoms with E-state index in [4.69, 9.17) is 10.1 Å². The molecule has 2 aromatic rings. The molecule has 0 radical (unpaired) electrons. The summed E-state index contributed by atoms with van der Waals surface area (Å²) in [5, 5.41) is 17.0. The molecule has 2 rings (SSSR count). The first-order valence-electron chi connectivity index (χ1n) is 5.63. The maximum atomic E-state index is 11.8. The molecule has 98 valence electrons. The van der Waals surface area contributed by atoms with Crippen LogP contribution in [0.2, 0.25) is 0 Å². The fourth-order valence-electron chi connectivity index (χ4n) is 1.54. The zero-order valence-electron chi connectivity index (χ0n) is 10.3. The molecule has 6 heteroatoms. The first-order chi connectivity index (χ1) is 9.08. The molecule has 0 spiro atoms. The average Bonchev–Trinajstić information content (AvgIpc) is 2.41. The van der Waals surface area contributed by atoms with Gasteiger partial charge in [-0.05, 0) is 12.5 Å². The van der Waals surface area contributed by atoms with Gasteiger partial charge in [-0.2, -0.15) is 4.73 Å². The number of hydrogen-bond donors (Lipinski definition) is 2. The fourth-order valence-corrected chi connectivity index (χ4v) is 1.54. The van der Waals surface area contributed by atoms with Gasteiger partial charge in [0.2, 0.25) is 0 Å². The van der Waals surface area contributed by atoms with E-state index in [1.165, 1.54) is 6.20 Å². The molecular weight excluding hydrogens is 246 g/mol. The van der Waals surface area contributed by atoms with Gasteiger partial charge in [0, 0.05) is 0 Å². The van der Waals surface area contributed by atoms with Crippen molar-refractivity contribution < 1.29 is 14.7 Å². The SMILES string of the molecule is Cc1cn(O)c(=N)c(C(=O)OCc2ccccc2)n1. The second-order valence-electron chi connectivity index (χ2n) is 3.99. The number of carbonyl (C=O) groups is 1. The van der Waals surface area contributed by atoms with Crippen LogP contribution in [0.4, 0.5) is 0 Å². The van der Waals surface area contributed by atoms with Crippen LogP contribution in [0.15, 0.2) is 36.5 Å². The van der Waals surface area contributed by atoms with Crippen LogP contribution in [0.3, 0.4) is 0 Å². The van der Waals surface area contributed by atoms with E-state index >= 15 is 0 Å². The van der Waals surface area contributed by atoms with Gasteiger partial charge in [0.05, 0.1) is 11.9 Å². The van der Waals surface area contributed by atoms with E-state index in [0.29, 0.717) is 10.4 Å². The Labute approximate surface area is 109 Å². The van der Waals surface area contributed by atoms with Gasteiger partial charge in [-0.25, -0.2) is 9.78 Å². The Morgan fingerprint density at radius 2 is 2.11 bits per heavy atom. The van der Waals surface area contributed by atoms with Crippen LogP contribution >= 0.6 is 0 Å². The van der Waals surface area contributed by atoms with Gasteiger partial charge in [0.1, 0.15) is 6.61 Å². The number of nitrogens with one attached hydrogen (secondary N) is 1. The van der Waals surface area contributed by atoms with Gasteiger partial charge in [-0.3, -0.25) is 5.41 Å². The predicted octanol–water partition coefficient (Wildman–Crippen LogP) is 1.27. The summed E-state index contributed by atoms with van der Waals surface area (Å²) in [5.41, 5.74) is 0.652. The number of benzene rings is 1. The number of aromatic nitrogens is 2. The lowest BCUT2D eigenvalue weighted by molar-refractivity contribution is 0.0454. The number of ether oxygens (including phenoxy) is 1. The minimum Gasteiger partial charge on any atom is -0.456 e. The number of carbonyl (C=O) groups excluding carboxylic acids is 1. The zero-order chi connectivity index (χ0) is 13.8. The van der Waals surface area contributed by atoms with E-state index in [1.807, 2.05) is 30.3 Å². The number of nitrogens with zero attached hydrogens (tertiary/aromatic N) is 2. The van der Waals surface area contributed by atoms with Crippen LogP contribution in [0.5, 0.6) is 0 Å². The molecule has 0 saturated heterocycles. The topological polar surface area (TPSA) is 88.2 Å². The molecule has 1 aromatic carbocycles. The third kappa shape index (κ3) is 2.98. The Hall–Kier alpha value is -2.63. The molecule has 0 fully saturated rings. The third-order valence-corrected chi connectivity index (χ3v) is 2.46. The number of hydrogen-bond acceptors (Lipinski definition) is 5. The van der Waals surface area contributed by atoms with Gasteiger partial charge in [0.15, 0.2) is 11.2 Å². The van der Waals surface area contributed by atoms with E-state index in [-0.39, 0.29) is 12.3 Å². The van der Waals surface area contributed by atoms with Crippen LogP contribution < -0.4 is 5.49 Å². The molecular formula is C13H13N3O3. The molecule has 0 unspecified atom stereocenters. The second-order valence-corrected chi connectivity index (χ2v) is 3.99. The summed E-state index contributed by atoms with van der Waals surface area (Å²) in [6, 6.07) is 9.19. The van der Waals surface area contributed by atoms with E-state index < -0.39 is 11.5 Å². The summed E-state index contributed by atoms with van der Waals surface area (Å²) in [6.07, 6.45) is 1.25. The van der Waals surface area contributed by atoms with Crippen LogP contribution in [0, 0.1) is 12.3 Å². The van der Waals surface area contributed by atoms with Crippen molar-refractivity contribution in [2.45, 2.75) is 13.5 Å². The molecule has 2 N–H and O–H groups in total. The lowest BCUT2D eigenvalue weighted by Crippen LogP contribution is -2.28. The first kappa shape index (κ1) is 12.8. The first-order valence-corrected chi connectivity index (χ1v) is 5.63. The maximum Gasteiger partial charge on any atom is 0.361 e. The Morgan fingerprint density at radius 1 is 1.42 bits per heavy atom. The number of esters is 1. The van der Waals surface area contributed by atoms with Gasteiger partial charge in [-0.15, -0.1) is 0 Å². The van der Waals surface area contributed by atoms with Gasteiger partial charge < -0.3 is 9.94 Å². The smallest absolute Gasteiger partial charge is 0.361 e.